The van der Waals surface area contributed by atoms with Crippen LogP contribution in [0.1, 0.15) is 31.1 Å². The Morgan fingerprint density at radius 2 is 1.64 bits per heavy atom. The molecule has 1 N–H and O–H groups in total. The van der Waals surface area contributed by atoms with Crippen molar-refractivity contribution >= 4 is 17.9 Å². The molecule has 2 aromatic carbocycles. The van der Waals surface area contributed by atoms with Crippen molar-refractivity contribution in [3.8, 4) is 22.6 Å². The molecule has 0 atom stereocenters. The third-order valence-corrected chi connectivity index (χ3v) is 3.83. The van der Waals surface area contributed by atoms with Crippen LogP contribution < -0.4 is 14.8 Å². The van der Waals surface area contributed by atoms with Gasteiger partial charge in [0.1, 0.15) is 11.5 Å². The van der Waals surface area contributed by atoms with E-state index in [1.807, 2.05) is 45.0 Å². The van der Waals surface area contributed by atoms with Crippen LogP contribution in [0, 0.1) is 5.41 Å². The lowest BCUT2D eigenvalue weighted by Gasteiger charge is -2.20. The largest absolute Gasteiger partial charge is 0.496 e. The van der Waals surface area contributed by atoms with Crippen molar-refractivity contribution in [2.45, 2.75) is 20.8 Å². The predicted molar refractivity (Wildman–Crippen MR) is 98.5 cm³/mol. The number of aldehydes is 1. The van der Waals surface area contributed by atoms with E-state index < -0.39 is 5.41 Å². The Labute approximate surface area is 148 Å². The fourth-order valence-corrected chi connectivity index (χ4v) is 2.36. The first kappa shape index (κ1) is 18.5. The van der Waals surface area contributed by atoms with E-state index in [0.717, 1.165) is 11.8 Å². The Balaban J connectivity index is 2.59. The quantitative estimate of drug-likeness (QED) is 0.829. The van der Waals surface area contributed by atoms with Crippen molar-refractivity contribution in [1.29, 1.82) is 0 Å². The van der Waals surface area contributed by atoms with E-state index in [1.54, 1.807) is 19.2 Å². The van der Waals surface area contributed by atoms with Crippen LogP contribution in [-0.2, 0) is 4.79 Å². The third-order valence-electron chi connectivity index (χ3n) is 3.83. The van der Waals surface area contributed by atoms with Crippen molar-refractivity contribution in [3.63, 3.8) is 0 Å². The van der Waals surface area contributed by atoms with Crippen LogP contribution in [0.15, 0.2) is 36.4 Å². The number of benzene rings is 2. The van der Waals surface area contributed by atoms with E-state index in [-0.39, 0.29) is 5.91 Å². The fraction of sp³-hybridized carbons (Fsp3) is 0.300. The molecule has 5 heteroatoms. The predicted octanol–water partition coefficient (Wildman–Crippen LogP) is 4.17. The first-order valence-corrected chi connectivity index (χ1v) is 7.94. The fourth-order valence-electron chi connectivity index (χ4n) is 2.36. The molecule has 5 nitrogen and oxygen atoms in total. The van der Waals surface area contributed by atoms with Crippen molar-refractivity contribution < 1.29 is 19.1 Å². The number of nitrogens with one attached hydrogen (secondary N) is 1. The molecule has 0 saturated heterocycles. The minimum Gasteiger partial charge on any atom is -0.496 e. The molecule has 0 radical (unpaired) electrons. The highest BCUT2D eigenvalue weighted by molar-refractivity contribution is 5.99. The summed E-state index contributed by atoms with van der Waals surface area (Å²) in [5.41, 5.74) is 2.02. The number of ether oxygens (including phenoxy) is 2. The van der Waals surface area contributed by atoms with Crippen LogP contribution in [0.3, 0.4) is 0 Å². The second kappa shape index (κ2) is 7.38. The van der Waals surface area contributed by atoms with Gasteiger partial charge in [0, 0.05) is 28.3 Å². The van der Waals surface area contributed by atoms with Gasteiger partial charge >= 0.3 is 0 Å². The van der Waals surface area contributed by atoms with Crippen LogP contribution >= 0.6 is 0 Å². The molecule has 0 unspecified atom stereocenters. The molecule has 0 heterocycles. The van der Waals surface area contributed by atoms with E-state index in [9.17, 15) is 9.59 Å². The SMILES string of the molecule is COc1cc(OC)c(-c2ccccc2NC(=O)C(C)(C)C)cc1C=O. The molecule has 132 valence electrons. The number of anilines is 1. The smallest absolute Gasteiger partial charge is 0.229 e. The number of rotatable bonds is 5. The normalized spacial score (nSPS) is 10.9. The molecular formula is C20H23NO4. The second-order valence-electron chi connectivity index (χ2n) is 6.66. The first-order valence-electron chi connectivity index (χ1n) is 7.94. The molecule has 0 aliphatic carbocycles. The van der Waals surface area contributed by atoms with Gasteiger partial charge < -0.3 is 14.8 Å². The minimum atomic E-state index is -0.523. The number of hydrogen-bond donors (Lipinski definition) is 1. The van der Waals surface area contributed by atoms with Gasteiger partial charge in [-0.1, -0.05) is 39.0 Å². The Morgan fingerprint density at radius 1 is 1.00 bits per heavy atom. The molecule has 2 rings (SSSR count). The van der Waals surface area contributed by atoms with Gasteiger partial charge in [0.2, 0.25) is 5.91 Å². The van der Waals surface area contributed by atoms with Gasteiger partial charge in [-0.15, -0.1) is 0 Å². The summed E-state index contributed by atoms with van der Waals surface area (Å²) < 4.78 is 10.7. The Morgan fingerprint density at radius 3 is 2.20 bits per heavy atom. The molecular weight excluding hydrogens is 318 g/mol. The average molecular weight is 341 g/mol. The van der Waals surface area contributed by atoms with Gasteiger partial charge in [0.05, 0.1) is 19.8 Å². The molecule has 0 aliphatic heterocycles. The van der Waals surface area contributed by atoms with E-state index in [0.29, 0.717) is 28.3 Å². The van der Waals surface area contributed by atoms with Gasteiger partial charge in [0.25, 0.3) is 0 Å². The molecule has 0 spiro atoms. The zero-order valence-corrected chi connectivity index (χ0v) is 15.2. The second-order valence-corrected chi connectivity index (χ2v) is 6.66. The van der Waals surface area contributed by atoms with Crippen LogP contribution in [0.2, 0.25) is 0 Å². The highest BCUT2D eigenvalue weighted by Crippen LogP contribution is 2.39. The maximum Gasteiger partial charge on any atom is 0.229 e. The van der Waals surface area contributed by atoms with Crippen LogP contribution in [0.5, 0.6) is 11.5 Å². The molecule has 0 bridgehead atoms. The van der Waals surface area contributed by atoms with Crippen LogP contribution in [-0.4, -0.2) is 26.4 Å². The highest BCUT2D eigenvalue weighted by atomic mass is 16.5. The van der Waals surface area contributed by atoms with Crippen LogP contribution in [0.4, 0.5) is 5.69 Å². The van der Waals surface area contributed by atoms with E-state index in [4.69, 9.17) is 9.47 Å². The van der Waals surface area contributed by atoms with Crippen molar-refractivity contribution in [1.82, 2.24) is 0 Å². The van der Waals surface area contributed by atoms with Gasteiger partial charge in [-0.2, -0.15) is 0 Å². The standard InChI is InChI=1S/C20H23NO4/c1-20(2,3)19(23)21-16-9-7-6-8-14(16)15-10-13(12-22)17(24-4)11-18(15)25-5/h6-12H,1-5H3,(H,21,23). The number of carbonyl (C=O) groups excluding carboxylic acids is 2. The van der Waals surface area contributed by atoms with Crippen molar-refractivity contribution in [3.05, 3.63) is 42.0 Å². The number of hydrogen-bond acceptors (Lipinski definition) is 4. The Bertz CT molecular complexity index is 791. The summed E-state index contributed by atoms with van der Waals surface area (Å²) in [6.45, 7) is 5.55. The van der Waals surface area contributed by atoms with Gasteiger partial charge in [0.15, 0.2) is 6.29 Å². The summed E-state index contributed by atoms with van der Waals surface area (Å²) in [6.07, 6.45) is 0.734. The zero-order chi connectivity index (χ0) is 18.6. The molecule has 1 amide bonds. The Kier molecular flexibility index (Phi) is 5.47. The minimum absolute atomic E-state index is 0.0944. The Hall–Kier alpha value is -2.82. The van der Waals surface area contributed by atoms with E-state index in [2.05, 4.69) is 5.32 Å². The summed E-state index contributed by atoms with van der Waals surface area (Å²) in [7, 11) is 3.05. The van der Waals surface area contributed by atoms with Crippen molar-refractivity contribution in [2.75, 3.05) is 19.5 Å². The highest BCUT2D eigenvalue weighted by Gasteiger charge is 2.23. The lowest BCUT2D eigenvalue weighted by molar-refractivity contribution is -0.123. The molecule has 0 aliphatic rings. The lowest BCUT2D eigenvalue weighted by atomic mass is 9.94. The third kappa shape index (κ3) is 3.99. The lowest BCUT2D eigenvalue weighted by Crippen LogP contribution is -2.27. The van der Waals surface area contributed by atoms with E-state index >= 15 is 0 Å². The first-order chi connectivity index (χ1) is 11.8. The monoisotopic (exact) mass is 341 g/mol. The maximum absolute atomic E-state index is 12.4. The number of methoxy groups -OCH3 is 2. The number of carbonyl (C=O) groups is 2. The molecule has 0 aromatic heterocycles. The molecule has 25 heavy (non-hydrogen) atoms. The summed E-state index contributed by atoms with van der Waals surface area (Å²) in [4.78, 5) is 23.7. The summed E-state index contributed by atoms with van der Waals surface area (Å²) >= 11 is 0. The van der Waals surface area contributed by atoms with Gasteiger partial charge in [-0.25, -0.2) is 0 Å². The van der Waals surface area contributed by atoms with Gasteiger partial charge in [-0.05, 0) is 12.1 Å². The molecule has 2 aromatic rings. The van der Waals surface area contributed by atoms with E-state index in [1.165, 1.54) is 7.11 Å². The topological polar surface area (TPSA) is 64.6 Å². The average Bonchev–Trinajstić information content (AvgIpc) is 2.60. The number of amides is 1. The summed E-state index contributed by atoms with van der Waals surface area (Å²) in [5.74, 6) is 0.898. The summed E-state index contributed by atoms with van der Waals surface area (Å²) in [5, 5.41) is 2.95. The zero-order valence-electron chi connectivity index (χ0n) is 15.2. The molecule has 0 saturated carbocycles. The van der Waals surface area contributed by atoms with Gasteiger partial charge in [-0.3, -0.25) is 9.59 Å². The molecule has 0 fully saturated rings. The number of para-hydroxylation sites is 1. The summed E-state index contributed by atoms with van der Waals surface area (Å²) in [6, 6.07) is 10.8. The van der Waals surface area contributed by atoms with Crippen molar-refractivity contribution in [2.24, 2.45) is 5.41 Å². The van der Waals surface area contributed by atoms with Crippen LogP contribution in [0.25, 0.3) is 11.1 Å². The maximum atomic E-state index is 12.4.